The first-order valence-electron chi connectivity index (χ1n) is 4.10. The van der Waals surface area contributed by atoms with E-state index in [0.717, 1.165) is 5.69 Å². The van der Waals surface area contributed by atoms with Crippen molar-refractivity contribution in [3.05, 3.63) is 35.4 Å². The third-order valence-corrected chi connectivity index (χ3v) is 2.09. The predicted molar refractivity (Wildman–Crippen MR) is 55.6 cm³/mol. The van der Waals surface area contributed by atoms with Crippen LogP contribution in [-0.2, 0) is 0 Å². The van der Waals surface area contributed by atoms with E-state index >= 15 is 0 Å². The van der Waals surface area contributed by atoms with Crippen LogP contribution in [0.2, 0.25) is 0 Å². The van der Waals surface area contributed by atoms with E-state index in [-0.39, 0.29) is 0 Å². The first-order valence-corrected chi connectivity index (χ1v) is 4.10. The zero-order chi connectivity index (χ0) is 9.14. The average Bonchev–Trinajstić information content (AvgIpc) is 2.03. The molecule has 12 heavy (non-hydrogen) atoms. The molecule has 0 spiro atoms. The van der Waals surface area contributed by atoms with E-state index in [4.69, 9.17) is 0 Å². The van der Waals surface area contributed by atoms with Crippen LogP contribution in [0.1, 0.15) is 16.7 Å². The topological polar surface area (TPSA) is 12.0 Å². The van der Waals surface area contributed by atoms with Crippen LogP contribution in [-0.4, -0.2) is 7.05 Å². The van der Waals surface area contributed by atoms with Crippen molar-refractivity contribution in [3.63, 3.8) is 0 Å². The van der Waals surface area contributed by atoms with Gasteiger partial charge in [-0.1, -0.05) is 12.7 Å². The molecular formula is C11H15N. The van der Waals surface area contributed by atoms with Gasteiger partial charge in [-0.2, -0.15) is 0 Å². The average molecular weight is 161 g/mol. The maximum atomic E-state index is 3.79. The number of rotatable bonds is 2. The third-order valence-electron chi connectivity index (χ3n) is 2.09. The van der Waals surface area contributed by atoms with Gasteiger partial charge in [0.25, 0.3) is 0 Å². The molecule has 1 rings (SSSR count). The highest BCUT2D eigenvalue weighted by Gasteiger charge is 1.99. The van der Waals surface area contributed by atoms with Gasteiger partial charge in [-0.15, -0.1) is 0 Å². The standard InChI is InChI=1S/C11H15N/c1-5-11-8(2)6-10(12-4)7-9(11)3/h5-7,12H,1H2,2-4H3. The Kier molecular flexibility index (Phi) is 2.54. The number of nitrogens with one attached hydrogen (secondary N) is 1. The second-order valence-corrected chi connectivity index (χ2v) is 2.98. The normalized spacial score (nSPS) is 9.58. The maximum absolute atomic E-state index is 3.79. The smallest absolute Gasteiger partial charge is 0.0343 e. The molecule has 0 saturated heterocycles. The van der Waals surface area contributed by atoms with E-state index in [9.17, 15) is 0 Å². The monoisotopic (exact) mass is 161 g/mol. The minimum absolute atomic E-state index is 1.16. The summed E-state index contributed by atoms with van der Waals surface area (Å²) in [6, 6.07) is 4.26. The van der Waals surface area contributed by atoms with Crippen molar-refractivity contribution in [3.8, 4) is 0 Å². The molecule has 0 fully saturated rings. The van der Waals surface area contributed by atoms with Crippen molar-refractivity contribution < 1.29 is 0 Å². The lowest BCUT2D eigenvalue weighted by molar-refractivity contribution is 1.34. The largest absolute Gasteiger partial charge is 0.388 e. The van der Waals surface area contributed by atoms with E-state index in [1.54, 1.807) is 0 Å². The second-order valence-electron chi connectivity index (χ2n) is 2.98. The lowest BCUT2D eigenvalue weighted by Gasteiger charge is -2.08. The minimum Gasteiger partial charge on any atom is -0.388 e. The maximum Gasteiger partial charge on any atom is 0.0343 e. The van der Waals surface area contributed by atoms with Crippen molar-refractivity contribution in [1.29, 1.82) is 0 Å². The lowest BCUT2D eigenvalue weighted by Crippen LogP contribution is -1.92. The summed E-state index contributed by atoms with van der Waals surface area (Å²) < 4.78 is 0. The summed E-state index contributed by atoms with van der Waals surface area (Å²) in [4.78, 5) is 0. The number of benzene rings is 1. The van der Waals surface area contributed by atoms with Gasteiger partial charge in [-0.05, 0) is 42.7 Å². The number of hydrogen-bond acceptors (Lipinski definition) is 1. The van der Waals surface area contributed by atoms with Gasteiger partial charge in [-0.3, -0.25) is 0 Å². The van der Waals surface area contributed by atoms with Crippen molar-refractivity contribution in [2.45, 2.75) is 13.8 Å². The first-order chi connectivity index (χ1) is 5.69. The summed E-state index contributed by atoms with van der Waals surface area (Å²) in [6.45, 7) is 7.99. The summed E-state index contributed by atoms with van der Waals surface area (Å²) in [6.07, 6.45) is 1.91. The second kappa shape index (κ2) is 3.44. The molecule has 0 saturated carbocycles. The van der Waals surface area contributed by atoms with E-state index in [2.05, 4.69) is 37.9 Å². The van der Waals surface area contributed by atoms with Gasteiger partial charge in [0, 0.05) is 12.7 Å². The van der Waals surface area contributed by atoms with Crippen molar-refractivity contribution in [1.82, 2.24) is 0 Å². The van der Waals surface area contributed by atoms with Gasteiger partial charge in [-0.25, -0.2) is 0 Å². The zero-order valence-electron chi connectivity index (χ0n) is 7.94. The minimum atomic E-state index is 1.16. The molecule has 0 aliphatic heterocycles. The molecule has 0 radical (unpaired) electrons. The highest BCUT2D eigenvalue weighted by atomic mass is 14.8. The Labute approximate surface area is 74.1 Å². The first kappa shape index (κ1) is 8.85. The van der Waals surface area contributed by atoms with Gasteiger partial charge in [0.05, 0.1) is 0 Å². The van der Waals surface area contributed by atoms with Gasteiger partial charge in [0.15, 0.2) is 0 Å². The highest BCUT2D eigenvalue weighted by Crippen LogP contribution is 2.20. The van der Waals surface area contributed by atoms with Crippen molar-refractivity contribution in [2.24, 2.45) is 0 Å². The molecule has 0 aromatic heterocycles. The molecule has 0 atom stereocenters. The molecule has 0 bridgehead atoms. The Morgan fingerprint density at radius 1 is 1.25 bits per heavy atom. The summed E-state index contributed by atoms with van der Waals surface area (Å²) >= 11 is 0. The molecular weight excluding hydrogens is 146 g/mol. The van der Waals surface area contributed by atoms with Gasteiger partial charge >= 0.3 is 0 Å². The van der Waals surface area contributed by atoms with E-state index in [1.807, 2.05) is 13.1 Å². The van der Waals surface area contributed by atoms with Gasteiger partial charge in [0.1, 0.15) is 0 Å². The number of aryl methyl sites for hydroxylation is 2. The number of anilines is 1. The van der Waals surface area contributed by atoms with Crippen LogP contribution in [0.15, 0.2) is 18.7 Å². The highest BCUT2D eigenvalue weighted by molar-refractivity contribution is 5.62. The molecule has 0 aliphatic carbocycles. The fourth-order valence-corrected chi connectivity index (χ4v) is 1.44. The van der Waals surface area contributed by atoms with Crippen LogP contribution in [0.4, 0.5) is 5.69 Å². The quantitative estimate of drug-likeness (QED) is 0.703. The van der Waals surface area contributed by atoms with Crippen molar-refractivity contribution >= 4 is 11.8 Å². The van der Waals surface area contributed by atoms with Crippen LogP contribution < -0.4 is 5.32 Å². The Bertz CT molecular complexity index is 277. The molecule has 0 aliphatic rings. The zero-order valence-corrected chi connectivity index (χ0v) is 7.94. The summed E-state index contributed by atoms with van der Waals surface area (Å²) in [5, 5.41) is 3.13. The van der Waals surface area contributed by atoms with E-state index in [1.165, 1.54) is 16.7 Å². The van der Waals surface area contributed by atoms with Crippen LogP contribution in [0, 0.1) is 13.8 Å². The Balaban J connectivity index is 3.27. The lowest BCUT2D eigenvalue weighted by atomic mass is 10.0. The van der Waals surface area contributed by atoms with Crippen LogP contribution >= 0.6 is 0 Å². The van der Waals surface area contributed by atoms with Crippen LogP contribution in [0.5, 0.6) is 0 Å². The van der Waals surface area contributed by atoms with Gasteiger partial charge in [0.2, 0.25) is 0 Å². The molecule has 0 amide bonds. The summed E-state index contributed by atoms with van der Waals surface area (Å²) in [5.74, 6) is 0. The van der Waals surface area contributed by atoms with E-state index < -0.39 is 0 Å². The Hall–Kier alpha value is -1.24. The summed E-state index contributed by atoms with van der Waals surface area (Å²) in [5.41, 5.74) is 4.95. The number of hydrogen-bond donors (Lipinski definition) is 1. The molecule has 0 unspecified atom stereocenters. The molecule has 0 heterocycles. The van der Waals surface area contributed by atoms with Crippen LogP contribution in [0.3, 0.4) is 0 Å². The predicted octanol–water partition coefficient (Wildman–Crippen LogP) is 2.99. The molecule has 64 valence electrons. The van der Waals surface area contributed by atoms with E-state index in [0.29, 0.717) is 0 Å². The Morgan fingerprint density at radius 3 is 2.08 bits per heavy atom. The molecule has 1 aromatic carbocycles. The molecule has 1 aromatic rings. The Morgan fingerprint density at radius 2 is 1.75 bits per heavy atom. The molecule has 1 heteroatoms. The molecule has 1 nitrogen and oxygen atoms in total. The molecule has 1 N–H and O–H groups in total. The van der Waals surface area contributed by atoms with Crippen molar-refractivity contribution in [2.75, 3.05) is 12.4 Å². The van der Waals surface area contributed by atoms with Gasteiger partial charge < -0.3 is 5.32 Å². The third kappa shape index (κ3) is 1.50. The fraction of sp³-hybridized carbons (Fsp3) is 0.273. The SMILES string of the molecule is C=Cc1c(C)cc(NC)cc1C. The summed E-state index contributed by atoms with van der Waals surface area (Å²) in [7, 11) is 1.93. The fourth-order valence-electron chi connectivity index (χ4n) is 1.44. The van der Waals surface area contributed by atoms with Crippen LogP contribution in [0.25, 0.3) is 6.08 Å².